The molecule has 3 heterocycles. The van der Waals surface area contributed by atoms with E-state index in [0.717, 1.165) is 11.6 Å². The highest BCUT2D eigenvalue weighted by atomic mass is 32.2. The molecule has 0 N–H and O–H groups in total. The number of sulfonamides is 1. The summed E-state index contributed by atoms with van der Waals surface area (Å²) >= 11 is 0. The van der Waals surface area contributed by atoms with Crippen LogP contribution in [0.1, 0.15) is 0 Å². The van der Waals surface area contributed by atoms with Crippen molar-refractivity contribution in [2.45, 2.75) is 0 Å². The zero-order valence-corrected chi connectivity index (χ0v) is 16.8. The molecule has 152 valence electrons. The first-order valence-electron chi connectivity index (χ1n) is 9.49. The minimum absolute atomic E-state index is 0.0345. The highest BCUT2D eigenvalue weighted by Gasteiger charge is 2.27. The lowest BCUT2D eigenvalue weighted by Gasteiger charge is -2.34. The van der Waals surface area contributed by atoms with E-state index in [1.807, 2.05) is 71.6 Å². The lowest BCUT2D eigenvalue weighted by molar-refractivity contribution is 0.331. The van der Waals surface area contributed by atoms with Crippen LogP contribution in [0.4, 0.5) is 5.82 Å². The first kappa shape index (κ1) is 19.4. The van der Waals surface area contributed by atoms with Gasteiger partial charge in [0.1, 0.15) is 12.4 Å². The normalized spacial score (nSPS) is 15.4. The van der Waals surface area contributed by atoms with Gasteiger partial charge in [-0.1, -0.05) is 18.2 Å². The van der Waals surface area contributed by atoms with Gasteiger partial charge in [-0.3, -0.25) is 0 Å². The maximum atomic E-state index is 12.6. The molecule has 0 bridgehead atoms. The number of piperazine rings is 1. The molecule has 8 nitrogen and oxygen atoms in total. The Morgan fingerprint density at radius 3 is 2.14 bits per heavy atom. The summed E-state index contributed by atoms with van der Waals surface area (Å²) in [5, 5.41) is 8.55. The third-order valence-corrected chi connectivity index (χ3v) is 6.65. The van der Waals surface area contributed by atoms with Crippen LogP contribution in [0.5, 0.6) is 5.75 Å². The molecule has 9 heteroatoms. The fourth-order valence-corrected chi connectivity index (χ4v) is 4.49. The number of benzene rings is 1. The van der Waals surface area contributed by atoms with Gasteiger partial charge in [-0.15, -0.1) is 10.2 Å². The minimum Gasteiger partial charge on any atom is -0.492 e. The quantitative estimate of drug-likeness (QED) is 0.588. The highest BCUT2D eigenvalue weighted by Crippen LogP contribution is 2.16. The molecule has 1 aliphatic rings. The van der Waals surface area contributed by atoms with E-state index in [9.17, 15) is 8.42 Å². The van der Waals surface area contributed by atoms with Crippen molar-refractivity contribution in [2.75, 3.05) is 43.4 Å². The van der Waals surface area contributed by atoms with Gasteiger partial charge >= 0.3 is 0 Å². The maximum absolute atomic E-state index is 12.6. The van der Waals surface area contributed by atoms with Crippen molar-refractivity contribution in [1.82, 2.24) is 19.1 Å². The summed E-state index contributed by atoms with van der Waals surface area (Å²) < 4.78 is 34.1. The standard InChI is InChI=1S/C20H23N5O3S/c26-29(27,17-16-28-18-6-2-1-3-7-18)25-14-12-24(13-15-25)20-9-8-19(21-22-20)23-10-4-5-11-23/h1-11H,12-17H2. The van der Waals surface area contributed by atoms with Crippen LogP contribution in [0, 0.1) is 0 Å². The van der Waals surface area contributed by atoms with Gasteiger partial charge in [0.25, 0.3) is 0 Å². The van der Waals surface area contributed by atoms with Crippen molar-refractivity contribution in [3.8, 4) is 11.6 Å². The molecular weight excluding hydrogens is 390 g/mol. The van der Waals surface area contributed by atoms with Gasteiger partial charge in [-0.2, -0.15) is 4.31 Å². The summed E-state index contributed by atoms with van der Waals surface area (Å²) in [5.41, 5.74) is 0. The van der Waals surface area contributed by atoms with Crippen molar-refractivity contribution in [3.05, 3.63) is 67.0 Å². The van der Waals surface area contributed by atoms with Crippen LogP contribution >= 0.6 is 0 Å². The molecule has 1 aromatic carbocycles. The maximum Gasteiger partial charge on any atom is 0.217 e. The van der Waals surface area contributed by atoms with Gasteiger partial charge in [-0.25, -0.2) is 8.42 Å². The molecule has 4 rings (SSSR count). The molecule has 2 aromatic heterocycles. The molecule has 3 aromatic rings. The third kappa shape index (κ3) is 4.75. The Bertz CT molecular complexity index is 1000. The van der Waals surface area contributed by atoms with Crippen LogP contribution in [0.25, 0.3) is 5.82 Å². The molecule has 1 saturated heterocycles. The van der Waals surface area contributed by atoms with Crippen LogP contribution in [0.15, 0.2) is 67.0 Å². The Morgan fingerprint density at radius 2 is 1.48 bits per heavy atom. The summed E-state index contributed by atoms with van der Waals surface area (Å²) in [6.45, 7) is 2.15. The Labute approximate surface area is 170 Å². The lowest BCUT2D eigenvalue weighted by Crippen LogP contribution is -2.50. The summed E-state index contributed by atoms with van der Waals surface area (Å²) in [6, 6.07) is 16.9. The lowest BCUT2D eigenvalue weighted by atomic mass is 10.3. The van der Waals surface area contributed by atoms with Crippen LogP contribution in [0.3, 0.4) is 0 Å². The number of para-hydroxylation sites is 1. The van der Waals surface area contributed by atoms with E-state index in [4.69, 9.17) is 4.74 Å². The summed E-state index contributed by atoms with van der Waals surface area (Å²) in [7, 11) is -3.35. The first-order valence-corrected chi connectivity index (χ1v) is 11.1. The molecule has 0 unspecified atom stereocenters. The van der Waals surface area contributed by atoms with Crippen LogP contribution in [-0.4, -0.2) is 66.0 Å². The van der Waals surface area contributed by atoms with Gasteiger partial charge in [0, 0.05) is 38.6 Å². The van der Waals surface area contributed by atoms with E-state index in [-0.39, 0.29) is 12.4 Å². The summed E-state index contributed by atoms with van der Waals surface area (Å²) in [5.74, 6) is 2.14. The van der Waals surface area contributed by atoms with Gasteiger partial charge in [0.05, 0.1) is 5.75 Å². The molecule has 1 fully saturated rings. The van der Waals surface area contributed by atoms with Gasteiger partial charge in [-0.05, 0) is 36.4 Å². The summed E-state index contributed by atoms with van der Waals surface area (Å²) in [6.07, 6.45) is 3.82. The van der Waals surface area contributed by atoms with Crippen molar-refractivity contribution >= 4 is 15.8 Å². The molecule has 0 saturated carbocycles. The molecule has 0 amide bonds. The molecule has 1 aliphatic heterocycles. The fraction of sp³-hybridized carbons (Fsp3) is 0.300. The Morgan fingerprint density at radius 1 is 0.828 bits per heavy atom. The number of aromatic nitrogens is 3. The van der Waals surface area contributed by atoms with Crippen molar-refractivity contribution in [1.29, 1.82) is 0 Å². The average molecular weight is 414 g/mol. The topological polar surface area (TPSA) is 80.6 Å². The van der Waals surface area contributed by atoms with E-state index in [1.165, 1.54) is 4.31 Å². The Kier molecular flexibility index (Phi) is 5.77. The molecule has 0 radical (unpaired) electrons. The number of rotatable bonds is 7. The molecule has 0 aliphatic carbocycles. The van der Waals surface area contributed by atoms with Crippen LogP contribution in [0.2, 0.25) is 0 Å². The fourth-order valence-electron chi connectivity index (χ4n) is 3.22. The smallest absolute Gasteiger partial charge is 0.217 e. The second-order valence-electron chi connectivity index (χ2n) is 6.70. The minimum atomic E-state index is -3.35. The molecular formula is C20H23N5O3S. The summed E-state index contributed by atoms with van der Waals surface area (Å²) in [4.78, 5) is 2.05. The third-order valence-electron chi connectivity index (χ3n) is 4.81. The zero-order chi connectivity index (χ0) is 20.1. The second kappa shape index (κ2) is 8.62. The average Bonchev–Trinajstić information content (AvgIpc) is 3.30. The Hall–Kier alpha value is -2.91. The number of hydrogen-bond acceptors (Lipinski definition) is 6. The highest BCUT2D eigenvalue weighted by molar-refractivity contribution is 7.89. The monoisotopic (exact) mass is 413 g/mol. The van der Waals surface area contributed by atoms with Crippen LogP contribution < -0.4 is 9.64 Å². The number of ether oxygens (including phenoxy) is 1. The number of hydrogen-bond donors (Lipinski definition) is 0. The van der Waals surface area contributed by atoms with Crippen LogP contribution in [-0.2, 0) is 10.0 Å². The van der Waals surface area contributed by atoms with Gasteiger partial charge < -0.3 is 14.2 Å². The Balaban J connectivity index is 1.29. The van der Waals surface area contributed by atoms with E-state index < -0.39 is 10.0 Å². The SMILES string of the molecule is O=S(=O)(CCOc1ccccc1)N1CCN(c2ccc(-n3cccc3)nn2)CC1. The molecule has 29 heavy (non-hydrogen) atoms. The van der Waals surface area contributed by atoms with Gasteiger partial charge in [0.2, 0.25) is 10.0 Å². The second-order valence-corrected chi connectivity index (χ2v) is 8.79. The van der Waals surface area contributed by atoms with Crippen molar-refractivity contribution in [2.24, 2.45) is 0 Å². The predicted molar refractivity (Wildman–Crippen MR) is 111 cm³/mol. The number of nitrogens with zero attached hydrogens (tertiary/aromatic N) is 5. The first-order chi connectivity index (χ1) is 14.1. The zero-order valence-electron chi connectivity index (χ0n) is 16.0. The van der Waals surface area contributed by atoms with Crippen molar-refractivity contribution < 1.29 is 13.2 Å². The van der Waals surface area contributed by atoms with E-state index in [2.05, 4.69) is 15.1 Å². The molecule has 0 atom stereocenters. The number of anilines is 1. The van der Waals surface area contributed by atoms with Gasteiger partial charge in [0.15, 0.2) is 11.6 Å². The largest absolute Gasteiger partial charge is 0.492 e. The van der Waals surface area contributed by atoms with Crippen molar-refractivity contribution in [3.63, 3.8) is 0 Å². The van der Waals surface area contributed by atoms with E-state index >= 15 is 0 Å². The molecule has 0 spiro atoms. The van der Waals surface area contributed by atoms with E-state index in [0.29, 0.717) is 31.9 Å². The van der Waals surface area contributed by atoms with E-state index in [1.54, 1.807) is 0 Å². The predicted octanol–water partition coefficient (Wildman–Crippen LogP) is 1.80.